The third kappa shape index (κ3) is 1.88. The molecule has 0 spiro atoms. The molecule has 1 aliphatic heterocycles. The van der Waals surface area contributed by atoms with Gasteiger partial charge in [0.1, 0.15) is 11.5 Å². The summed E-state index contributed by atoms with van der Waals surface area (Å²) < 4.78 is 5.66. The second-order valence-corrected chi connectivity index (χ2v) is 3.70. The number of carbonyl (C=O) groups excluding carboxylic acids is 1. The minimum atomic E-state index is -0.0933. The van der Waals surface area contributed by atoms with Crippen molar-refractivity contribution in [1.29, 1.82) is 0 Å². The number of nitrogens with one attached hydrogen (secondary N) is 1. The van der Waals surface area contributed by atoms with Gasteiger partial charge >= 0.3 is 0 Å². The molecule has 0 aromatic heterocycles. The van der Waals surface area contributed by atoms with E-state index in [1.165, 1.54) is 0 Å². The summed E-state index contributed by atoms with van der Waals surface area (Å²) in [5.41, 5.74) is 0.953. The molecule has 86 valence electrons. The Morgan fingerprint density at radius 1 is 1.62 bits per heavy atom. The van der Waals surface area contributed by atoms with Gasteiger partial charge in [0.15, 0.2) is 6.23 Å². The van der Waals surface area contributed by atoms with Crippen LogP contribution in [0.4, 0.5) is 5.69 Å². The average molecular weight is 222 g/mol. The number of ether oxygens (including phenoxy) is 1. The number of amides is 1. The van der Waals surface area contributed by atoms with Crippen molar-refractivity contribution in [3.05, 3.63) is 18.2 Å². The van der Waals surface area contributed by atoms with Crippen LogP contribution < -0.4 is 15.0 Å². The fourth-order valence-corrected chi connectivity index (χ4v) is 1.79. The van der Waals surface area contributed by atoms with Gasteiger partial charge in [0.25, 0.3) is 0 Å². The lowest BCUT2D eigenvalue weighted by molar-refractivity contribution is -0.109. The van der Waals surface area contributed by atoms with Gasteiger partial charge in [0.05, 0.1) is 5.69 Å². The Kier molecular flexibility index (Phi) is 2.85. The van der Waals surface area contributed by atoms with Gasteiger partial charge in [-0.2, -0.15) is 0 Å². The molecule has 5 heteroatoms. The van der Waals surface area contributed by atoms with Gasteiger partial charge in [0, 0.05) is 26.1 Å². The van der Waals surface area contributed by atoms with Gasteiger partial charge in [-0.05, 0) is 12.1 Å². The molecule has 0 radical (unpaired) electrons. The van der Waals surface area contributed by atoms with Gasteiger partial charge in [-0.3, -0.25) is 4.79 Å². The van der Waals surface area contributed by atoms with E-state index in [9.17, 15) is 9.90 Å². The maximum Gasteiger partial charge on any atom is 0.207 e. The number of nitrogens with zero attached hydrogens (tertiary/aromatic N) is 1. The molecule has 1 atom stereocenters. The molecular weight excluding hydrogens is 208 g/mol. The van der Waals surface area contributed by atoms with Gasteiger partial charge in [-0.1, -0.05) is 0 Å². The molecule has 1 amide bonds. The van der Waals surface area contributed by atoms with Crippen molar-refractivity contribution in [1.82, 2.24) is 5.32 Å². The molecule has 5 nitrogen and oxygen atoms in total. The molecule has 2 N–H and O–H groups in total. The second-order valence-electron chi connectivity index (χ2n) is 3.70. The van der Waals surface area contributed by atoms with E-state index in [1.807, 2.05) is 18.0 Å². The van der Waals surface area contributed by atoms with E-state index in [0.29, 0.717) is 25.1 Å². The smallest absolute Gasteiger partial charge is 0.207 e. The van der Waals surface area contributed by atoms with Crippen molar-refractivity contribution >= 4 is 12.1 Å². The maximum absolute atomic E-state index is 10.1. The molecule has 16 heavy (non-hydrogen) atoms. The Labute approximate surface area is 93.6 Å². The Bertz CT molecular complexity index is 395. The lowest BCUT2D eigenvalue weighted by atomic mass is 10.2. The van der Waals surface area contributed by atoms with Crippen molar-refractivity contribution in [2.45, 2.75) is 12.6 Å². The molecule has 0 aliphatic carbocycles. The number of hydrogen-bond donors (Lipinski definition) is 2. The zero-order valence-corrected chi connectivity index (χ0v) is 9.01. The van der Waals surface area contributed by atoms with Crippen LogP contribution in [0.15, 0.2) is 18.2 Å². The zero-order valence-electron chi connectivity index (χ0n) is 9.01. The van der Waals surface area contributed by atoms with E-state index in [4.69, 9.17) is 4.74 Å². The molecule has 1 heterocycles. The number of anilines is 1. The molecule has 0 bridgehead atoms. The third-order valence-electron chi connectivity index (χ3n) is 2.64. The van der Waals surface area contributed by atoms with Crippen molar-refractivity contribution in [3.63, 3.8) is 0 Å². The summed E-state index contributed by atoms with van der Waals surface area (Å²) in [5, 5.41) is 11.9. The van der Waals surface area contributed by atoms with E-state index in [1.54, 1.807) is 12.1 Å². The lowest BCUT2D eigenvalue weighted by Crippen LogP contribution is -2.33. The number of phenols is 1. The molecule has 0 saturated carbocycles. The molecule has 1 aromatic carbocycles. The summed E-state index contributed by atoms with van der Waals surface area (Å²) >= 11 is 0. The first-order valence-corrected chi connectivity index (χ1v) is 5.12. The van der Waals surface area contributed by atoms with Crippen LogP contribution in [0.25, 0.3) is 0 Å². The van der Waals surface area contributed by atoms with Crippen LogP contribution in [0.1, 0.15) is 6.42 Å². The van der Waals surface area contributed by atoms with E-state index in [2.05, 4.69) is 5.32 Å². The summed E-state index contributed by atoms with van der Waals surface area (Å²) in [6, 6.07) is 5.04. The van der Waals surface area contributed by atoms with Crippen LogP contribution in [0.3, 0.4) is 0 Å². The topological polar surface area (TPSA) is 61.8 Å². The zero-order chi connectivity index (χ0) is 11.5. The first-order chi connectivity index (χ1) is 7.72. The fraction of sp³-hybridized carbons (Fsp3) is 0.364. The largest absolute Gasteiger partial charge is 0.508 e. The van der Waals surface area contributed by atoms with Crippen molar-refractivity contribution in [2.24, 2.45) is 0 Å². The van der Waals surface area contributed by atoms with E-state index >= 15 is 0 Å². The van der Waals surface area contributed by atoms with Gasteiger partial charge < -0.3 is 20.1 Å². The SMILES string of the molecule is CN1c2ccc(O)cc2OC1CCNC=O. The first kappa shape index (κ1) is 10.6. The fourth-order valence-electron chi connectivity index (χ4n) is 1.79. The Balaban J connectivity index is 2.05. The highest BCUT2D eigenvalue weighted by atomic mass is 16.5. The minimum Gasteiger partial charge on any atom is -0.508 e. The van der Waals surface area contributed by atoms with Crippen LogP contribution in [0.5, 0.6) is 11.5 Å². The normalized spacial score (nSPS) is 17.8. The molecule has 0 saturated heterocycles. The van der Waals surface area contributed by atoms with Crippen LogP contribution >= 0.6 is 0 Å². The maximum atomic E-state index is 10.1. The van der Waals surface area contributed by atoms with Gasteiger partial charge in [-0.15, -0.1) is 0 Å². The highest BCUT2D eigenvalue weighted by Gasteiger charge is 2.27. The standard InChI is InChI=1S/C11H14N2O3/c1-13-9-3-2-8(15)6-10(9)16-11(13)4-5-12-7-14/h2-3,6-7,11,15H,4-5H2,1H3,(H,12,14). The number of rotatable bonds is 4. The summed E-state index contributed by atoms with van der Waals surface area (Å²) in [6.07, 6.45) is 1.28. The van der Waals surface area contributed by atoms with Crippen LogP contribution in [-0.4, -0.2) is 31.3 Å². The van der Waals surface area contributed by atoms with Crippen molar-refractivity contribution in [2.75, 3.05) is 18.5 Å². The lowest BCUT2D eigenvalue weighted by Gasteiger charge is -2.19. The molecule has 2 rings (SSSR count). The Morgan fingerprint density at radius 3 is 3.19 bits per heavy atom. The van der Waals surface area contributed by atoms with Crippen LogP contribution in [0.2, 0.25) is 0 Å². The quantitative estimate of drug-likeness (QED) is 0.581. The Hall–Kier alpha value is -1.91. The number of benzene rings is 1. The Morgan fingerprint density at radius 2 is 2.44 bits per heavy atom. The number of phenolic OH excluding ortho intramolecular Hbond substituents is 1. The molecular formula is C11H14N2O3. The van der Waals surface area contributed by atoms with E-state index in [0.717, 1.165) is 5.69 Å². The first-order valence-electron chi connectivity index (χ1n) is 5.12. The highest BCUT2D eigenvalue weighted by molar-refractivity contribution is 5.63. The highest BCUT2D eigenvalue weighted by Crippen LogP contribution is 2.38. The number of hydrogen-bond acceptors (Lipinski definition) is 4. The minimum absolute atomic E-state index is 0.0933. The summed E-state index contributed by atoms with van der Waals surface area (Å²) in [7, 11) is 1.93. The van der Waals surface area contributed by atoms with E-state index in [-0.39, 0.29) is 12.0 Å². The summed E-state index contributed by atoms with van der Waals surface area (Å²) in [4.78, 5) is 12.1. The van der Waals surface area contributed by atoms with E-state index < -0.39 is 0 Å². The summed E-state index contributed by atoms with van der Waals surface area (Å²) in [6.45, 7) is 0.568. The molecule has 1 unspecified atom stereocenters. The van der Waals surface area contributed by atoms with Crippen molar-refractivity contribution in [3.8, 4) is 11.5 Å². The summed E-state index contributed by atoms with van der Waals surface area (Å²) in [5.74, 6) is 0.873. The third-order valence-corrected chi connectivity index (χ3v) is 2.64. The average Bonchev–Trinajstić information content (AvgIpc) is 2.56. The van der Waals surface area contributed by atoms with Gasteiger partial charge in [0.2, 0.25) is 6.41 Å². The van der Waals surface area contributed by atoms with Crippen molar-refractivity contribution < 1.29 is 14.6 Å². The number of fused-ring (bicyclic) bond motifs is 1. The predicted octanol–water partition coefficient (Wildman–Crippen LogP) is 0.683. The monoisotopic (exact) mass is 222 g/mol. The second kappa shape index (κ2) is 4.30. The number of aromatic hydroxyl groups is 1. The molecule has 0 fully saturated rings. The van der Waals surface area contributed by atoms with Crippen LogP contribution in [0, 0.1) is 0 Å². The van der Waals surface area contributed by atoms with Gasteiger partial charge in [-0.25, -0.2) is 0 Å². The number of carbonyl (C=O) groups is 1. The predicted molar refractivity (Wildman–Crippen MR) is 59.6 cm³/mol. The van der Waals surface area contributed by atoms with Crippen LogP contribution in [-0.2, 0) is 4.79 Å². The molecule has 1 aromatic rings. The molecule has 1 aliphatic rings.